The summed E-state index contributed by atoms with van der Waals surface area (Å²) in [7, 11) is 0. The second-order valence-electron chi connectivity index (χ2n) is 7.69. The van der Waals surface area contributed by atoms with Gasteiger partial charge in [-0.15, -0.1) is 0 Å². The largest absolute Gasteiger partial charge is 0.350 e. The summed E-state index contributed by atoms with van der Waals surface area (Å²) in [5.41, 5.74) is 3.79. The maximum absolute atomic E-state index is 13.3. The average Bonchev–Trinajstić information content (AvgIpc) is 2.78. The maximum Gasteiger partial charge on any atom is 0.242 e. The highest BCUT2D eigenvalue weighted by Gasteiger charge is 2.26. The van der Waals surface area contributed by atoms with E-state index in [4.69, 9.17) is 0 Å². The first-order valence-electron chi connectivity index (χ1n) is 10.3. The normalized spacial score (nSPS) is 11.6. The summed E-state index contributed by atoms with van der Waals surface area (Å²) < 4.78 is 13.3. The molecule has 0 aliphatic carbocycles. The molecule has 0 saturated carbocycles. The Morgan fingerprint density at radius 2 is 1.48 bits per heavy atom. The van der Waals surface area contributed by atoms with E-state index >= 15 is 0 Å². The van der Waals surface area contributed by atoms with E-state index in [1.165, 1.54) is 12.1 Å². The van der Waals surface area contributed by atoms with Gasteiger partial charge in [-0.3, -0.25) is 9.59 Å². The van der Waals surface area contributed by atoms with Crippen LogP contribution in [0.25, 0.3) is 0 Å². The van der Waals surface area contributed by atoms with Crippen molar-refractivity contribution in [3.05, 3.63) is 107 Å². The zero-order valence-electron chi connectivity index (χ0n) is 17.8. The molecule has 3 rings (SSSR count). The van der Waals surface area contributed by atoms with Gasteiger partial charge in [0.05, 0.1) is 6.42 Å². The van der Waals surface area contributed by atoms with Crippen LogP contribution in [0.4, 0.5) is 4.39 Å². The molecular weight excluding hydrogens is 391 g/mol. The molecule has 0 fully saturated rings. The molecule has 160 valence electrons. The van der Waals surface area contributed by atoms with Crippen LogP contribution in [0.2, 0.25) is 0 Å². The second-order valence-corrected chi connectivity index (χ2v) is 7.69. The van der Waals surface area contributed by atoms with Crippen LogP contribution in [-0.2, 0) is 29.1 Å². The van der Waals surface area contributed by atoms with E-state index in [0.717, 1.165) is 22.3 Å². The molecule has 0 radical (unpaired) electrons. The number of nitrogens with zero attached hydrogens (tertiary/aromatic N) is 1. The number of hydrogen-bond acceptors (Lipinski definition) is 2. The lowest BCUT2D eigenvalue weighted by Gasteiger charge is -2.29. The van der Waals surface area contributed by atoms with E-state index in [-0.39, 0.29) is 30.6 Å². The van der Waals surface area contributed by atoms with E-state index in [0.29, 0.717) is 6.54 Å². The van der Waals surface area contributed by atoms with Crippen LogP contribution in [0.15, 0.2) is 78.9 Å². The molecule has 0 spiro atoms. The third-order valence-corrected chi connectivity index (χ3v) is 5.22. The first kappa shape index (κ1) is 22.2. The van der Waals surface area contributed by atoms with Gasteiger partial charge in [-0.2, -0.15) is 0 Å². The quantitative estimate of drug-likeness (QED) is 0.589. The van der Waals surface area contributed by atoms with E-state index in [1.54, 1.807) is 24.0 Å². The second kappa shape index (κ2) is 10.5. The molecule has 4 nitrogen and oxygen atoms in total. The molecular formula is C26H27FN2O2. The van der Waals surface area contributed by atoms with Gasteiger partial charge in [0.2, 0.25) is 11.8 Å². The van der Waals surface area contributed by atoms with Crippen molar-refractivity contribution in [1.29, 1.82) is 0 Å². The summed E-state index contributed by atoms with van der Waals surface area (Å²) in [4.78, 5) is 27.5. The molecule has 0 aliphatic rings. The van der Waals surface area contributed by atoms with Crippen molar-refractivity contribution in [3.8, 4) is 0 Å². The third kappa shape index (κ3) is 6.51. The third-order valence-electron chi connectivity index (χ3n) is 5.22. The molecule has 0 unspecified atom stereocenters. The van der Waals surface area contributed by atoms with Gasteiger partial charge in [0.25, 0.3) is 0 Å². The molecule has 1 atom stereocenters. The molecule has 0 aliphatic heterocycles. The van der Waals surface area contributed by atoms with E-state index in [1.807, 2.05) is 61.5 Å². The molecule has 5 heteroatoms. The highest BCUT2D eigenvalue weighted by molar-refractivity contribution is 5.88. The molecule has 0 saturated heterocycles. The van der Waals surface area contributed by atoms with Gasteiger partial charge in [0.15, 0.2) is 0 Å². The minimum absolute atomic E-state index is 0.159. The van der Waals surface area contributed by atoms with E-state index in [2.05, 4.69) is 5.32 Å². The van der Waals surface area contributed by atoms with Crippen LogP contribution in [0.3, 0.4) is 0 Å². The standard InChI is InChI=1S/C26H27FN2O2/c1-19-8-10-22(11-9-19)17-28-26(31)20(2)29(18-23-12-14-24(27)15-13-23)25(30)16-21-6-4-3-5-7-21/h3-15,20H,16-18H2,1-2H3,(H,28,31)/t20-/m0/s1. The molecule has 0 aromatic heterocycles. The predicted molar refractivity (Wildman–Crippen MR) is 120 cm³/mol. The fraction of sp³-hybridized carbons (Fsp3) is 0.231. The van der Waals surface area contributed by atoms with Gasteiger partial charge in [0.1, 0.15) is 11.9 Å². The first-order chi connectivity index (χ1) is 14.9. The van der Waals surface area contributed by atoms with Crippen LogP contribution in [0.1, 0.15) is 29.2 Å². The van der Waals surface area contributed by atoms with Crippen molar-refractivity contribution in [2.75, 3.05) is 0 Å². The minimum atomic E-state index is -0.674. The molecule has 3 aromatic carbocycles. The van der Waals surface area contributed by atoms with Crippen LogP contribution in [0, 0.1) is 12.7 Å². The van der Waals surface area contributed by atoms with E-state index in [9.17, 15) is 14.0 Å². The topological polar surface area (TPSA) is 49.4 Å². The molecule has 31 heavy (non-hydrogen) atoms. The minimum Gasteiger partial charge on any atom is -0.350 e. The summed E-state index contributed by atoms with van der Waals surface area (Å²) in [5.74, 6) is -0.729. The maximum atomic E-state index is 13.3. The Kier molecular flexibility index (Phi) is 7.55. The number of halogens is 1. The lowest BCUT2D eigenvalue weighted by atomic mass is 10.1. The highest BCUT2D eigenvalue weighted by Crippen LogP contribution is 2.13. The lowest BCUT2D eigenvalue weighted by molar-refractivity contribution is -0.140. The van der Waals surface area contributed by atoms with Crippen LogP contribution in [-0.4, -0.2) is 22.8 Å². The van der Waals surface area contributed by atoms with Crippen molar-refractivity contribution in [3.63, 3.8) is 0 Å². The number of hydrogen-bond donors (Lipinski definition) is 1. The fourth-order valence-corrected chi connectivity index (χ4v) is 3.28. The number of amides is 2. The Morgan fingerprint density at radius 3 is 2.13 bits per heavy atom. The Bertz CT molecular complexity index is 1000. The smallest absolute Gasteiger partial charge is 0.242 e. The van der Waals surface area contributed by atoms with Gasteiger partial charge in [-0.05, 0) is 42.7 Å². The van der Waals surface area contributed by atoms with Crippen LogP contribution in [0.5, 0.6) is 0 Å². The summed E-state index contributed by atoms with van der Waals surface area (Å²) in [6, 6.07) is 22.7. The Labute approximate surface area is 182 Å². The van der Waals surface area contributed by atoms with Crippen molar-refractivity contribution >= 4 is 11.8 Å². The van der Waals surface area contributed by atoms with Gasteiger partial charge in [-0.25, -0.2) is 4.39 Å². The molecule has 1 N–H and O–H groups in total. The van der Waals surface area contributed by atoms with Gasteiger partial charge in [-0.1, -0.05) is 72.3 Å². The number of carbonyl (C=O) groups excluding carboxylic acids is 2. The van der Waals surface area contributed by atoms with Gasteiger partial charge in [0, 0.05) is 13.1 Å². The van der Waals surface area contributed by atoms with Crippen molar-refractivity contribution in [2.24, 2.45) is 0 Å². The monoisotopic (exact) mass is 418 g/mol. The average molecular weight is 419 g/mol. The van der Waals surface area contributed by atoms with Gasteiger partial charge >= 0.3 is 0 Å². The lowest BCUT2D eigenvalue weighted by Crippen LogP contribution is -2.48. The van der Waals surface area contributed by atoms with Gasteiger partial charge < -0.3 is 10.2 Å². The number of nitrogens with one attached hydrogen (secondary N) is 1. The molecule has 2 amide bonds. The number of aryl methyl sites for hydroxylation is 1. The SMILES string of the molecule is Cc1ccc(CNC(=O)[C@H](C)N(Cc2ccc(F)cc2)C(=O)Cc2ccccc2)cc1. The van der Waals surface area contributed by atoms with E-state index < -0.39 is 6.04 Å². The first-order valence-corrected chi connectivity index (χ1v) is 10.3. The summed E-state index contributed by atoms with van der Waals surface area (Å²) >= 11 is 0. The fourth-order valence-electron chi connectivity index (χ4n) is 3.28. The zero-order chi connectivity index (χ0) is 22.2. The zero-order valence-corrected chi connectivity index (χ0v) is 17.8. The number of carbonyl (C=O) groups is 2. The summed E-state index contributed by atoms with van der Waals surface area (Å²) in [6.45, 7) is 4.35. The molecule has 0 bridgehead atoms. The molecule has 3 aromatic rings. The van der Waals surface area contributed by atoms with Crippen molar-refractivity contribution < 1.29 is 14.0 Å². The number of benzene rings is 3. The van der Waals surface area contributed by atoms with Crippen LogP contribution < -0.4 is 5.32 Å². The summed E-state index contributed by atoms with van der Waals surface area (Å²) in [6.07, 6.45) is 0.192. The predicted octanol–water partition coefficient (Wildman–Crippen LogP) is 4.41. The number of rotatable bonds is 8. The van der Waals surface area contributed by atoms with Crippen molar-refractivity contribution in [1.82, 2.24) is 10.2 Å². The highest BCUT2D eigenvalue weighted by atomic mass is 19.1. The summed E-state index contributed by atoms with van der Waals surface area (Å²) in [5, 5.41) is 2.92. The Hall–Kier alpha value is -3.47. The Morgan fingerprint density at radius 1 is 0.871 bits per heavy atom. The van der Waals surface area contributed by atoms with Crippen LogP contribution >= 0.6 is 0 Å². The van der Waals surface area contributed by atoms with Crippen molar-refractivity contribution in [2.45, 2.75) is 39.4 Å². The Balaban J connectivity index is 1.72. The molecule has 0 heterocycles.